The number of aryl methyl sites for hydroxylation is 1. The van der Waals surface area contributed by atoms with Crippen LogP contribution in [0.4, 0.5) is 22.1 Å². The normalized spacial score (nSPS) is 16.4. The molecular weight excluding hydrogens is 504 g/mol. The number of carbonyl (C=O) groups is 2. The van der Waals surface area contributed by atoms with E-state index in [1.165, 1.54) is 6.20 Å². The fourth-order valence-electron chi connectivity index (χ4n) is 4.76. The average Bonchev–Trinajstić information content (AvgIpc) is 2.92. The van der Waals surface area contributed by atoms with Crippen LogP contribution in [0.2, 0.25) is 0 Å². The number of hydrogen-bond acceptors (Lipinski definition) is 9. The molecule has 2 aromatic heterocycles. The summed E-state index contributed by atoms with van der Waals surface area (Å²) in [6.07, 6.45) is 5.01. The van der Waals surface area contributed by atoms with Gasteiger partial charge in [-0.05, 0) is 44.7 Å². The van der Waals surface area contributed by atoms with E-state index in [0.29, 0.717) is 54.9 Å². The molecule has 0 spiro atoms. The van der Waals surface area contributed by atoms with E-state index in [1.807, 2.05) is 36.1 Å². The van der Waals surface area contributed by atoms with Crippen molar-refractivity contribution in [3.8, 4) is 11.9 Å². The lowest BCUT2D eigenvalue weighted by Gasteiger charge is -2.37. The van der Waals surface area contributed by atoms with Crippen molar-refractivity contribution in [1.29, 1.82) is 5.26 Å². The minimum Gasteiger partial charge on any atom is -0.481 e. The molecule has 1 fully saturated rings. The van der Waals surface area contributed by atoms with E-state index < -0.39 is 0 Å². The Hall–Kier alpha value is -3.56. The number of carbonyl (C=O) groups excluding carboxylic acids is 2. The third-order valence-electron chi connectivity index (χ3n) is 6.84. The predicted molar refractivity (Wildman–Crippen MR) is 149 cm³/mol. The Bertz CT molecular complexity index is 1230. The van der Waals surface area contributed by atoms with Crippen LogP contribution in [0.25, 0.3) is 0 Å². The van der Waals surface area contributed by atoms with Gasteiger partial charge in [0.05, 0.1) is 30.9 Å². The summed E-state index contributed by atoms with van der Waals surface area (Å²) in [6.45, 7) is 5.01. The lowest BCUT2D eigenvalue weighted by Crippen LogP contribution is -2.49. The summed E-state index contributed by atoms with van der Waals surface area (Å²) in [6, 6.07) is 5.26. The van der Waals surface area contributed by atoms with E-state index >= 15 is 0 Å². The Kier molecular flexibility index (Phi) is 8.91. The van der Waals surface area contributed by atoms with Gasteiger partial charge in [-0.2, -0.15) is 22.0 Å². The van der Waals surface area contributed by atoms with Gasteiger partial charge < -0.3 is 15.0 Å². The van der Waals surface area contributed by atoms with E-state index in [2.05, 4.69) is 21.7 Å². The minimum atomic E-state index is -0.359. The van der Waals surface area contributed by atoms with Crippen LogP contribution < -0.4 is 20.3 Å². The summed E-state index contributed by atoms with van der Waals surface area (Å²) in [5.74, 6) is 2.25. The first-order valence-corrected chi connectivity index (χ1v) is 14.0. The second kappa shape index (κ2) is 12.3. The highest BCUT2D eigenvalue weighted by molar-refractivity contribution is 7.98. The Labute approximate surface area is 227 Å². The van der Waals surface area contributed by atoms with Crippen LogP contribution in [0, 0.1) is 11.3 Å². The number of piperazine rings is 1. The molecule has 2 N–H and O–H groups in total. The number of aromatic nitrogens is 2. The Balaban J connectivity index is 1.56. The predicted octanol–water partition coefficient (Wildman–Crippen LogP) is 2.95. The summed E-state index contributed by atoms with van der Waals surface area (Å²) < 4.78 is 5.64. The number of likely N-dealkylation sites (N-methyl/N-ethyl adjacent to an activating group) is 1. The third-order valence-corrected chi connectivity index (χ3v) is 7.45. The standard InChI is InChI=1S/C26H34N8O3S/c1-17(33-10-9-32(2)16-23(33)35)20-12-18-6-5-8-34(24(18)31-25(20)37-3)26(36)30-22-13-21(28-7-11-38-4)19(14-27)15-29-22/h12-13,15,17H,5-11,16H2,1-4H3,(H2,28,29,30,36). The molecule has 1 atom stereocenters. The maximum absolute atomic E-state index is 13.3. The monoisotopic (exact) mass is 538 g/mol. The smallest absolute Gasteiger partial charge is 0.328 e. The average molecular weight is 539 g/mol. The highest BCUT2D eigenvalue weighted by atomic mass is 32.2. The van der Waals surface area contributed by atoms with E-state index in [1.54, 1.807) is 29.8 Å². The number of nitrogens with one attached hydrogen (secondary N) is 2. The molecule has 2 aliphatic heterocycles. The van der Waals surface area contributed by atoms with Crippen LogP contribution in [-0.4, -0.2) is 90.6 Å². The molecule has 202 valence electrons. The van der Waals surface area contributed by atoms with Crippen molar-refractivity contribution in [3.63, 3.8) is 0 Å². The van der Waals surface area contributed by atoms with Crippen LogP contribution in [0.5, 0.6) is 5.88 Å². The number of amides is 3. The molecule has 2 aliphatic rings. The van der Waals surface area contributed by atoms with Crippen molar-refractivity contribution < 1.29 is 14.3 Å². The second-order valence-electron chi connectivity index (χ2n) is 9.40. The number of nitrogens with zero attached hydrogens (tertiary/aromatic N) is 6. The summed E-state index contributed by atoms with van der Waals surface area (Å²) in [5, 5.41) is 15.5. The van der Waals surface area contributed by atoms with Gasteiger partial charge in [0.2, 0.25) is 11.8 Å². The van der Waals surface area contributed by atoms with E-state index in [0.717, 1.165) is 36.3 Å². The number of ether oxygens (including phenoxy) is 1. The maximum atomic E-state index is 13.3. The first-order chi connectivity index (χ1) is 18.4. The Morgan fingerprint density at radius 3 is 2.84 bits per heavy atom. The molecule has 0 aliphatic carbocycles. The molecule has 0 aromatic carbocycles. The molecule has 12 heteroatoms. The summed E-state index contributed by atoms with van der Waals surface area (Å²) >= 11 is 1.70. The number of urea groups is 1. The first kappa shape index (κ1) is 27.5. The van der Waals surface area contributed by atoms with Gasteiger partial charge in [-0.15, -0.1) is 0 Å². The highest BCUT2D eigenvalue weighted by Crippen LogP contribution is 2.36. The second-order valence-corrected chi connectivity index (χ2v) is 10.4. The van der Waals surface area contributed by atoms with Crippen LogP contribution in [0.1, 0.15) is 36.1 Å². The molecule has 4 heterocycles. The molecule has 0 saturated carbocycles. The number of anilines is 3. The molecule has 38 heavy (non-hydrogen) atoms. The number of nitriles is 1. The number of pyridine rings is 2. The zero-order chi connectivity index (χ0) is 27.2. The van der Waals surface area contributed by atoms with Crippen LogP contribution in [0.15, 0.2) is 18.3 Å². The molecule has 3 amide bonds. The van der Waals surface area contributed by atoms with E-state index in [-0.39, 0.29) is 18.0 Å². The Morgan fingerprint density at radius 2 is 2.13 bits per heavy atom. The van der Waals surface area contributed by atoms with Crippen molar-refractivity contribution in [2.24, 2.45) is 0 Å². The largest absolute Gasteiger partial charge is 0.481 e. The molecule has 2 aromatic rings. The van der Waals surface area contributed by atoms with Gasteiger partial charge in [0.15, 0.2) is 0 Å². The van der Waals surface area contributed by atoms with Gasteiger partial charge in [-0.1, -0.05) is 0 Å². The molecule has 11 nitrogen and oxygen atoms in total. The SMILES string of the molecule is COc1nc2c(cc1C(C)N1CCN(C)CC1=O)CCCN2C(=O)Nc1cc(NCCSC)c(C#N)cn1. The Morgan fingerprint density at radius 1 is 1.32 bits per heavy atom. The van der Waals surface area contributed by atoms with Crippen molar-refractivity contribution >= 4 is 41.0 Å². The lowest BCUT2D eigenvalue weighted by molar-refractivity contribution is -0.137. The number of fused-ring (bicyclic) bond motifs is 1. The van der Waals surface area contributed by atoms with Crippen LogP contribution in [0.3, 0.4) is 0 Å². The van der Waals surface area contributed by atoms with Crippen molar-refractivity contribution in [2.45, 2.75) is 25.8 Å². The van der Waals surface area contributed by atoms with Gasteiger partial charge in [-0.25, -0.2) is 9.78 Å². The zero-order valence-corrected chi connectivity index (χ0v) is 23.1. The van der Waals surface area contributed by atoms with Crippen molar-refractivity contribution in [2.75, 3.05) is 74.4 Å². The van der Waals surface area contributed by atoms with Crippen molar-refractivity contribution in [1.82, 2.24) is 19.8 Å². The number of hydrogen-bond donors (Lipinski definition) is 2. The third kappa shape index (κ3) is 5.95. The van der Waals surface area contributed by atoms with E-state index in [4.69, 9.17) is 9.72 Å². The topological polar surface area (TPSA) is 127 Å². The summed E-state index contributed by atoms with van der Waals surface area (Å²) in [4.78, 5) is 40.5. The maximum Gasteiger partial charge on any atom is 0.328 e. The minimum absolute atomic E-state index is 0.0734. The van der Waals surface area contributed by atoms with E-state index in [9.17, 15) is 14.9 Å². The van der Waals surface area contributed by atoms with Gasteiger partial charge in [-0.3, -0.25) is 19.9 Å². The number of methoxy groups -OCH3 is 1. The number of thioether (sulfide) groups is 1. The molecular formula is C26H34N8O3S. The summed E-state index contributed by atoms with van der Waals surface area (Å²) in [7, 11) is 3.49. The van der Waals surface area contributed by atoms with Gasteiger partial charge >= 0.3 is 6.03 Å². The number of rotatable bonds is 8. The fraction of sp³-hybridized carbons (Fsp3) is 0.500. The molecule has 0 radical (unpaired) electrons. The molecule has 1 unspecified atom stereocenters. The van der Waals surface area contributed by atoms with Crippen LogP contribution >= 0.6 is 11.8 Å². The zero-order valence-electron chi connectivity index (χ0n) is 22.3. The van der Waals surface area contributed by atoms with Gasteiger partial charge in [0, 0.05) is 49.8 Å². The van der Waals surface area contributed by atoms with Crippen LogP contribution in [-0.2, 0) is 11.2 Å². The van der Waals surface area contributed by atoms with Gasteiger partial charge in [0.25, 0.3) is 0 Å². The molecule has 1 saturated heterocycles. The molecule has 0 bridgehead atoms. The fourth-order valence-corrected chi connectivity index (χ4v) is 5.07. The first-order valence-electron chi connectivity index (χ1n) is 12.6. The quantitative estimate of drug-likeness (QED) is 0.488. The summed E-state index contributed by atoms with van der Waals surface area (Å²) in [5.41, 5.74) is 2.81. The highest BCUT2D eigenvalue weighted by Gasteiger charge is 2.32. The van der Waals surface area contributed by atoms with Gasteiger partial charge in [0.1, 0.15) is 17.7 Å². The van der Waals surface area contributed by atoms with Crippen molar-refractivity contribution in [3.05, 3.63) is 35.0 Å². The lowest BCUT2D eigenvalue weighted by atomic mass is 9.99. The molecule has 4 rings (SSSR count).